The topological polar surface area (TPSA) is 94.6 Å². The Hall–Kier alpha value is -3.66. The Morgan fingerprint density at radius 2 is 2.09 bits per heavy atom. The van der Waals surface area contributed by atoms with Crippen LogP contribution in [0.4, 0.5) is 11.6 Å². The van der Waals surface area contributed by atoms with Crippen LogP contribution < -0.4 is 14.8 Å². The average Bonchev–Trinajstić information content (AvgIpc) is 3.35. The van der Waals surface area contributed by atoms with Crippen LogP contribution in [0, 0.1) is 0 Å². The Morgan fingerprint density at radius 1 is 1.19 bits per heavy atom. The molecule has 5 rings (SSSR count). The molecule has 1 aliphatic heterocycles. The van der Waals surface area contributed by atoms with E-state index in [1.165, 1.54) is 12.7 Å². The van der Waals surface area contributed by atoms with E-state index in [9.17, 15) is 0 Å². The number of methoxy groups -OCH3 is 1. The highest BCUT2D eigenvalue weighted by molar-refractivity contribution is 5.72. The highest BCUT2D eigenvalue weighted by Gasteiger charge is 2.27. The number of rotatable bonds is 8. The second-order valence-corrected chi connectivity index (χ2v) is 7.75. The summed E-state index contributed by atoms with van der Waals surface area (Å²) >= 11 is 0. The minimum Gasteiger partial charge on any atom is -0.488 e. The number of pyridine rings is 1. The number of likely N-dealkylation sites (tertiary alicyclic amines) is 1. The molecule has 0 amide bonds. The van der Waals surface area contributed by atoms with Gasteiger partial charge in [-0.3, -0.25) is 9.58 Å². The maximum atomic E-state index is 6.18. The molecule has 4 aromatic heterocycles. The minimum atomic E-state index is 0.486. The van der Waals surface area contributed by atoms with Crippen LogP contribution in [0.15, 0.2) is 43.0 Å². The van der Waals surface area contributed by atoms with Crippen molar-refractivity contribution >= 4 is 17.2 Å². The number of ether oxygens (including phenoxy) is 2. The van der Waals surface area contributed by atoms with Crippen molar-refractivity contribution in [2.75, 3.05) is 32.1 Å². The van der Waals surface area contributed by atoms with E-state index < -0.39 is 0 Å². The molecule has 0 saturated carbocycles. The standard InChI is InChI=1S/C22H26N8O2/c1-4-29-7-6-16(29)13-32-18-12-25-28(2)22(18)15-5-8-30-17(9-15)10-20(27-30)26-19-11-21(31-3)24-14-23-19/h5,8-12,14,16H,4,6-7,13H2,1-3H3,(H,23,24,26,27)/t16-/m1/s1. The third-order valence-electron chi connectivity index (χ3n) is 5.85. The fourth-order valence-electron chi connectivity index (χ4n) is 3.99. The van der Waals surface area contributed by atoms with E-state index in [-0.39, 0.29) is 0 Å². The maximum Gasteiger partial charge on any atom is 0.218 e. The van der Waals surface area contributed by atoms with Crippen LogP contribution in [0.3, 0.4) is 0 Å². The van der Waals surface area contributed by atoms with Crippen molar-refractivity contribution in [3.05, 3.63) is 43.0 Å². The van der Waals surface area contributed by atoms with E-state index in [0.29, 0.717) is 30.2 Å². The molecule has 0 bridgehead atoms. The van der Waals surface area contributed by atoms with Gasteiger partial charge in [-0.1, -0.05) is 6.92 Å². The lowest BCUT2D eigenvalue weighted by Gasteiger charge is -2.39. The Kier molecular flexibility index (Phi) is 5.36. The predicted octanol–water partition coefficient (Wildman–Crippen LogP) is 2.75. The lowest BCUT2D eigenvalue weighted by Crippen LogP contribution is -2.50. The number of hydrogen-bond acceptors (Lipinski definition) is 8. The van der Waals surface area contributed by atoms with Crippen LogP contribution in [-0.2, 0) is 7.05 Å². The summed E-state index contributed by atoms with van der Waals surface area (Å²) in [5, 5.41) is 12.2. The van der Waals surface area contributed by atoms with Gasteiger partial charge in [0.2, 0.25) is 5.88 Å². The molecule has 0 unspecified atom stereocenters. The highest BCUT2D eigenvalue weighted by Crippen LogP contribution is 2.31. The van der Waals surface area contributed by atoms with Crippen LogP contribution in [0.5, 0.6) is 11.6 Å². The largest absolute Gasteiger partial charge is 0.488 e. The number of nitrogens with zero attached hydrogens (tertiary/aromatic N) is 7. The zero-order valence-corrected chi connectivity index (χ0v) is 18.4. The van der Waals surface area contributed by atoms with Gasteiger partial charge in [0.1, 0.15) is 24.4 Å². The van der Waals surface area contributed by atoms with E-state index in [0.717, 1.165) is 35.6 Å². The third-order valence-corrected chi connectivity index (χ3v) is 5.85. The number of hydrogen-bond donors (Lipinski definition) is 1. The second kappa shape index (κ2) is 8.46. The van der Waals surface area contributed by atoms with Crippen molar-refractivity contribution in [2.45, 2.75) is 19.4 Å². The lowest BCUT2D eigenvalue weighted by molar-refractivity contribution is 0.0563. The third kappa shape index (κ3) is 3.84. The van der Waals surface area contributed by atoms with E-state index in [1.807, 2.05) is 34.6 Å². The number of aryl methyl sites for hydroxylation is 1. The van der Waals surface area contributed by atoms with Gasteiger partial charge in [-0.15, -0.1) is 0 Å². The molecule has 1 fully saturated rings. The molecule has 1 aliphatic rings. The fourth-order valence-corrected chi connectivity index (χ4v) is 3.99. The molecular formula is C22H26N8O2. The van der Waals surface area contributed by atoms with Crippen molar-refractivity contribution in [3.63, 3.8) is 0 Å². The number of aromatic nitrogens is 6. The quantitative estimate of drug-likeness (QED) is 0.452. The van der Waals surface area contributed by atoms with Gasteiger partial charge in [-0.05, 0) is 25.1 Å². The molecule has 0 aromatic carbocycles. The molecule has 0 aliphatic carbocycles. The van der Waals surface area contributed by atoms with E-state index in [2.05, 4.69) is 43.4 Å². The van der Waals surface area contributed by atoms with E-state index in [1.54, 1.807) is 19.4 Å². The number of anilines is 2. The first-order chi connectivity index (χ1) is 15.6. The molecule has 10 heteroatoms. The molecule has 166 valence electrons. The minimum absolute atomic E-state index is 0.486. The van der Waals surface area contributed by atoms with E-state index in [4.69, 9.17) is 9.47 Å². The monoisotopic (exact) mass is 434 g/mol. The second-order valence-electron chi connectivity index (χ2n) is 7.75. The first-order valence-corrected chi connectivity index (χ1v) is 10.7. The van der Waals surface area contributed by atoms with Gasteiger partial charge in [0.15, 0.2) is 11.6 Å². The van der Waals surface area contributed by atoms with Crippen molar-refractivity contribution < 1.29 is 9.47 Å². The molecule has 1 atom stereocenters. The normalized spacial score (nSPS) is 16.2. The maximum absolute atomic E-state index is 6.18. The summed E-state index contributed by atoms with van der Waals surface area (Å²) in [6.45, 7) is 5.08. The number of nitrogens with one attached hydrogen (secondary N) is 1. The van der Waals surface area contributed by atoms with Gasteiger partial charge >= 0.3 is 0 Å². The summed E-state index contributed by atoms with van der Waals surface area (Å²) < 4.78 is 15.0. The van der Waals surface area contributed by atoms with Crippen molar-refractivity contribution in [3.8, 4) is 22.9 Å². The Balaban J connectivity index is 1.37. The number of likely N-dealkylation sites (N-methyl/N-ethyl adjacent to an activating group) is 1. The van der Waals surface area contributed by atoms with Gasteiger partial charge in [-0.2, -0.15) is 10.2 Å². The Labute approximate surface area is 185 Å². The van der Waals surface area contributed by atoms with Crippen molar-refractivity contribution in [2.24, 2.45) is 7.05 Å². The first-order valence-electron chi connectivity index (χ1n) is 10.7. The zero-order chi connectivity index (χ0) is 22.1. The highest BCUT2D eigenvalue weighted by atomic mass is 16.5. The molecule has 32 heavy (non-hydrogen) atoms. The molecule has 1 N–H and O–H groups in total. The lowest BCUT2D eigenvalue weighted by atomic mass is 10.0. The zero-order valence-electron chi connectivity index (χ0n) is 18.4. The fraction of sp³-hybridized carbons (Fsp3) is 0.364. The van der Waals surface area contributed by atoms with Crippen molar-refractivity contribution in [1.82, 2.24) is 34.3 Å². The SMILES string of the molecule is CCN1CC[C@@H]1COc1cnn(C)c1-c1ccn2nc(Nc3cc(OC)ncn3)cc2c1. The van der Waals surface area contributed by atoms with Gasteiger partial charge < -0.3 is 14.8 Å². The summed E-state index contributed by atoms with van der Waals surface area (Å²) in [6, 6.07) is 8.26. The Morgan fingerprint density at radius 3 is 2.88 bits per heavy atom. The Bertz CT molecular complexity index is 1230. The number of fused-ring (bicyclic) bond motifs is 1. The van der Waals surface area contributed by atoms with Crippen LogP contribution in [0.2, 0.25) is 0 Å². The van der Waals surface area contributed by atoms with E-state index >= 15 is 0 Å². The van der Waals surface area contributed by atoms with Crippen LogP contribution in [-0.4, -0.2) is 67.1 Å². The molecule has 0 spiro atoms. The summed E-state index contributed by atoms with van der Waals surface area (Å²) in [7, 11) is 3.50. The van der Waals surface area contributed by atoms with Crippen LogP contribution in [0.25, 0.3) is 16.8 Å². The summed E-state index contributed by atoms with van der Waals surface area (Å²) in [4.78, 5) is 10.7. The summed E-state index contributed by atoms with van der Waals surface area (Å²) in [5.41, 5.74) is 2.91. The molecule has 5 heterocycles. The predicted molar refractivity (Wildman–Crippen MR) is 120 cm³/mol. The average molecular weight is 435 g/mol. The molecule has 10 nitrogen and oxygen atoms in total. The smallest absolute Gasteiger partial charge is 0.218 e. The summed E-state index contributed by atoms with van der Waals surface area (Å²) in [5.74, 6) is 2.57. The molecular weight excluding hydrogens is 408 g/mol. The van der Waals surface area contributed by atoms with Crippen LogP contribution >= 0.6 is 0 Å². The molecule has 4 aromatic rings. The van der Waals surface area contributed by atoms with Crippen molar-refractivity contribution in [1.29, 1.82) is 0 Å². The van der Waals surface area contributed by atoms with Gasteiger partial charge in [0, 0.05) is 43.5 Å². The van der Waals surface area contributed by atoms with Gasteiger partial charge in [0.05, 0.1) is 18.8 Å². The molecule has 1 saturated heterocycles. The van der Waals surface area contributed by atoms with Gasteiger partial charge in [0.25, 0.3) is 0 Å². The summed E-state index contributed by atoms with van der Waals surface area (Å²) in [6.07, 6.45) is 6.35. The van der Waals surface area contributed by atoms with Crippen LogP contribution in [0.1, 0.15) is 13.3 Å². The molecule has 0 radical (unpaired) electrons. The van der Waals surface area contributed by atoms with Gasteiger partial charge in [-0.25, -0.2) is 14.5 Å². The first kappa shape index (κ1) is 20.3.